The predicted molar refractivity (Wildman–Crippen MR) is 55.1 cm³/mol. The molecule has 58 valence electrons. The molecule has 0 aliphatic rings. The van der Waals surface area contributed by atoms with Crippen molar-refractivity contribution >= 4 is 19.0 Å². The minimum atomic E-state index is 0.0569. The van der Waals surface area contributed by atoms with Gasteiger partial charge in [0.05, 0.1) is 0 Å². The second-order valence-corrected chi connectivity index (χ2v) is 5.68. The molecule has 0 aliphatic heterocycles. The van der Waals surface area contributed by atoms with E-state index in [-0.39, 0.29) is 19.0 Å². The summed E-state index contributed by atoms with van der Waals surface area (Å²) < 4.78 is 0. The van der Waals surface area contributed by atoms with E-state index in [0.29, 0.717) is 0 Å². The van der Waals surface area contributed by atoms with Crippen molar-refractivity contribution in [2.45, 2.75) is 38.8 Å². The third kappa shape index (κ3) is 7.99. The van der Waals surface area contributed by atoms with E-state index in [1.807, 2.05) is 0 Å². The van der Waals surface area contributed by atoms with E-state index in [2.05, 4.69) is 24.9 Å². The molecule has 0 radical (unpaired) electrons. The molecule has 0 aliphatic carbocycles. The van der Waals surface area contributed by atoms with Crippen LogP contribution < -0.4 is 0 Å². The summed E-state index contributed by atoms with van der Waals surface area (Å²) in [6.07, 6.45) is 2.69. The zero-order valence-corrected chi connectivity index (χ0v) is 10.1. The average molecular weight is 170 g/mol. The van der Waals surface area contributed by atoms with E-state index < -0.39 is 0 Å². The molecular weight excluding hydrogens is 152 g/mol. The summed E-state index contributed by atoms with van der Waals surface area (Å²) in [6, 6.07) is 2.85. The fourth-order valence-corrected chi connectivity index (χ4v) is 3.18. The molecule has 0 nitrogen and oxygen atoms in total. The van der Waals surface area contributed by atoms with Crippen molar-refractivity contribution in [2.24, 2.45) is 0 Å². The summed E-state index contributed by atoms with van der Waals surface area (Å²) in [6.45, 7) is 4.50. The zero-order valence-electron chi connectivity index (χ0n) is 7.24. The summed E-state index contributed by atoms with van der Waals surface area (Å²) in [5, 5.41) is 0. The van der Waals surface area contributed by atoms with Crippen molar-refractivity contribution in [3.63, 3.8) is 0 Å². The monoisotopic (exact) mass is 170 g/mol. The van der Waals surface area contributed by atoms with Crippen molar-refractivity contribution in [1.29, 1.82) is 0 Å². The third-order valence-electron chi connectivity index (χ3n) is 1.44. The lowest BCUT2D eigenvalue weighted by atomic mass is 10.6. The van der Waals surface area contributed by atoms with Crippen LogP contribution in [0.1, 0.15) is 26.7 Å². The van der Waals surface area contributed by atoms with Crippen LogP contribution in [0.4, 0.5) is 0 Å². The Balaban J connectivity index is 2.98. The summed E-state index contributed by atoms with van der Waals surface area (Å²) in [7, 11) is 0.114. The average Bonchev–Trinajstić information content (AvgIpc) is 1.97. The Bertz CT molecular complexity index is 98.2. The Labute approximate surface area is 69.4 Å². The maximum absolute atomic E-state index is 3.37. The van der Waals surface area contributed by atoms with Gasteiger partial charge in [-0.2, -0.15) is 0 Å². The van der Waals surface area contributed by atoms with Crippen LogP contribution in [0.2, 0.25) is 12.1 Å². The molecule has 0 aromatic carbocycles. The first-order valence-corrected chi connectivity index (χ1v) is 7.79. The molecule has 10 heavy (non-hydrogen) atoms. The zero-order chi connectivity index (χ0) is 7.66. The fraction of sp³-hybridized carbons (Fsp3) is 0.750. The molecule has 0 aromatic heterocycles. The molecule has 0 heterocycles. The Morgan fingerprint density at radius 1 is 0.900 bits per heavy atom. The molecule has 0 N–H and O–H groups in total. The molecule has 0 fully saturated rings. The van der Waals surface area contributed by atoms with Gasteiger partial charge in [-0.1, -0.05) is 38.8 Å². The molecular formula is C8H18Si2. The highest BCUT2D eigenvalue weighted by atomic mass is 28.2. The Kier molecular flexibility index (Phi) is 8.99. The topological polar surface area (TPSA) is 0 Å². The Morgan fingerprint density at radius 3 is 1.60 bits per heavy atom. The minimum absolute atomic E-state index is 0.0569. The lowest BCUT2D eigenvalue weighted by Gasteiger charge is -1.84. The van der Waals surface area contributed by atoms with Crippen LogP contribution in [0.15, 0.2) is 0 Å². The first-order chi connectivity index (χ1) is 4.91. The van der Waals surface area contributed by atoms with Gasteiger partial charge in [-0.15, -0.1) is 11.1 Å². The lowest BCUT2D eigenvalue weighted by molar-refractivity contribution is 1.08. The quantitative estimate of drug-likeness (QED) is 0.334. The molecule has 0 rings (SSSR count). The van der Waals surface area contributed by atoms with Crippen LogP contribution in [-0.4, -0.2) is 19.0 Å². The van der Waals surface area contributed by atoms with Crippen LogP contribution in [0.5, 0.6) is 0 Å². The molecule has 0 spiro atoms. The molecule has 2 heteroatoms. The standard InChI is InChI=1S/C8H18Si2/c1-3-5-9-7-8-10-6-4-2/h3-6,9-10H2,1-2H3. The van der Waals surface area contributed by atoms with Crippen LogP contribution in [0.25, 0.3) is 0 Å². The van der Waals surface area contributed by atoms with Crippen molar-refractivity contribution < 1.29 is 0 Å². The van der Waals surface area contributed by atoms with Gasteiger partial charge in [0.1, 0.15) is 19.0 Å². The predicted octanol–water partition coefficient (Wildman–Crippen LogP) is 0.899. The highest BCUT2D eigenvalue weighted by Crippen LogP contribution is 1.84. The summed E-state index contributed by atoms with van der Waals surface area (Å²) in [5.74, 6) is 0. The van der Waals surface area contributed by atoms with Gasteiger partial charge in [0, 0.05) is 0 Å². The molecule has 0 amide bonds. The summed E-state index contributed by atoms with van der Waals surface area (Å²) >= 11 is 0. The highest BCUT2D eigenvalue weighted by Gasteiger charge is 1.79. The fourth-order valence-electron chi connectivity index (χ4n) is 0.707. The number of hydrogen-bond acceptors (Lipinski definition) is 0. The maximum Gasteiger partial charge on any atom is 0.106 e. The van der Waals surface area contributed by atoms with Crippen molar-refractivity contribution in [3.05, 3.63) is 0 Å². The Hall–Kier alpha value is -0.00623. The van der Waals surface area contributed by atoms with Crippen LogP contribution in [0, 0.1) is 11.1 Å². The van der Waals surface area contributed by atoms with Crippen LogP contribution in [-0.2, 0) is 0 Å². The Morgan fingerprint density at radius 2 is 1.30 bits per heavy atom. The van der Waals surface area contributed by atoms with Gasteiger partial charge < -0.3 is 0 Å². The molecule has 0 saturated heterocycles. The van der Waals surface area contributed by atoms with Crippen molar-refractivity contribution in [2.75, 3.05) is 0 Å². The minimum Gasteiger partial charge on any atom is -0.147 e. The van der Waals surface area contributed by atoms with Crippen LogP contribution in [0.3, 0.4) is 0 Å². The third-order valence-corrected chi connectivity index (χ3v) is 5.06. The molecule has 0 aromatic rings. The van der Waals surface area contributed by atoms with Crippen molar-refractivity contribution in [1.82, 2.24) is 0 Å². The van der Waals surface area contributed by atoms with Gasteiger partial charge >= 0.3 is 0 Å². The molecule has 0 bridgehead atoms. The summed E-state index contributed by atoms with van der Waals surface area (Å²) in [5.41, 5.74) is 6.74. The number of hydrogen-bond donors (Lipinski definition) is 0. The van der Waals surface area contributed by atoms with E-state index in [1.165, 1.54) is 24.9 Å². The van der Waals surface area contributed by atoms with E-state index in [0.717, 1.165) is 0 Å². The smallest absolute Gasteiger partial charge is 0.106 e. The van der Waals surface area contributed by atoms with Crippen molar-refractivity contribution in [3.8, 4) is 11.1 Å². The first kappa shape index (κ1) is 9.99. The summed E-state index contributed by atoms with van der Waals surface area (Å²) in [4.78, 5) is 0. The lowest BCUT2D eigenvalue weighted by Crippen LogP contribution is -1.86. The van der Waals surface area contributed by atoms with Crippen LogP contribution >= 0.6 is 0 Å². The van der Waals surface area contributed by atoms with Gasteiger partial charge in [0.25, 0.3) is 0 Å². The largest absolute Gasteiger partial charge is 0.147 e. The van der Waals surface area contributed by atoms with Gasteiger partial charge in [-0.25, -0.2) is 0 Å². The second kappa shape index (κ2) is 8.99. The maximum atomic E-state index is 3.37. The normalized spacial score (nSPS) is 11.0. The number of rotatable bonds is 4. The van der Waals surface area contributed by atoms with Gasteiger partial charge in [0.15, 0.2) is 0 Å². The molecule has 0 unspecified atom stereocenters. The van der Waals surface area contributed by atoms with E-state index >= 15 is 0 Å². The van der Waals surface area contributed by atoms with E-state index in [9.17, 15) is 0 Å². The van der Waals surface area contributed by atoms with E-state index in [1.54, 1.807) is 0 Å². The van der Waals surface area contributed by atoms with Gasteiger partial charge in [-0.3, -0.25) is 0 Å². The second-order valence-electron chi connectivity index (χ2n) is 2.56. The highest BCUT2D eigenvalue weighted by molar-refractivity contribution is 6.52. The van der Waals surface area contributed by atoms with Gasteiger partial charge in [0.2, 0.25) is 0 Å². The molecule has 0 atom stereocenters. The van der Waals surface area contributed by atoms with Gasteiger partial charge in [-0.05, 0) is 0 Å². The first-order valence-electron chi connectivity index (χ1n) is 4.37. The van der Waals surface area contributed by atoms with E-state index in [4.69, 9.17) is 0 Å². The molecule has 0 saturated carbocycles. The SMILES string of the molecule is CCC[SiH2]C#C[SiH2]CCC.